The molecule has 3 rings (SSSR count). The van der Waals surface area contributed by atoms with Crippen LogP contribution in [-0.2, 0) is 6.54 Å². The Hall–Kier alpha value is -2.27. The average Bonchev–Trinajstić information content (AvgIpc) is 2.98. The molecule has 0 aliphatic carbocycles. The zero-order chi connectivity index (χ0) is 16.2. The Kier molecular flexibility index (Phi) is 4.67. The van der Waals surface area contributed by atoms with Crippen molar-refractivity contribution in [2.24, 2.45) is 0 Å². The summed E-state index contributed by atoms with van der Waals surface area (Å²) in [5.74, 6) is 0.262. The maximum Gasteiger partial charge on any atom is 0.226 e. The Labute approximate surface area is 135 Å². The summed E-state index contributed by atoms with van der Waals surface area (Å²) >= 11 is 0. The van der Waals surface area contributed by atoms with Crippen molar-refractivity contribution in [3.63, 3.8) is 0 Å². The maximum absolute atomic E-state index is 11.5. The summed E-state index contributed by atoms with van der Waals surface area (Å²) in [6.45, 7) is 2.53. The van der Waals surface area contributed by atoms with Gasteiger partial charge >= 0.3 is 0 Å². The van der Waals surface area contributed by atoms with E-state index in [0.717, 1.165) is 32.2 Å². The first-order valence-electron chi connectivity index (χ1n) is 7.94. The van der Waals surface area contributed by atoms with E-state index in [9.17, 15) is 9.90 Å². The Bertz CT molecular complexity index is 699. The predicted molar refractivity (Wildman–Crippen MR) is 89.8 cm³/mol. The SMILES string of the molecule is CN(C[C@@H]1CCCN1Cc1cc(=O)c(O)co1)c1ccccc1. The monoisotopic (exact) mass is 314 g/mol. The van der Waals surface area contributed by atoms with Gasteiger partial charge in [-0.2, -0.15) is 0 Å². The van der Waals surface area contributed by atoms with E-state index in [4.69, 9.17) is 4.42 Å². The normalized spacial score (nSPS) is 18.2. The first kappa shape index (κ1) is 15.6. The lowest BCUT2D eigenvalue weighted by atomic mass is 10.2. The molecule has 122 valence electrons. The van der Waals surface area contributed by atoms with Crippen LogP contribution in [0.15, 0.2) is 51.9 Å². The third-order valence-electron chi connectivity index (χ3n) is 4.41. The molecule has 1 fully saturated rings. The minimum absolute atomic E-state index is 0.337. The van der Waals surface area contributed by atoms with Crippen LogP contribution in [0.3, 0.4) is 0 Å². The van der Waals surface area contributed by atoms with E-state index < -0.39 is 0 Å². The van der Waals surface area contributed by atoms with Crippen molar-refractivity contribution in [2.45, 2.75) is 25.4 Å². The molecule has 0 spiro atoms. The average molecular weight is 314 g/mol. The highest BCUT2D eigenvalue weighted by molar-refractivity contribution is 5.45. The van der Waals surface area contributed by atoms with Crippen LogP contribution in [0.2, 0.25) is 0 Å². The Morgan fingerprint density at radius 2 is 2.13 bits per heavy atom. The summed E-state index contributed by atoms with van der Waals surface area (Å²) in [5.41, 5.74) is 0.818. The third-order valence-corrected chi connectivity index (χ3v) is 4.41. The fourth-order valence-corrected chi connectivity index (χ4v) is 3.14. The maximum atomic E-state index is 11.5. The lowest BCUT2D eigenvalue weighted by molar-refractivity contribution is 0.225. The first-order valence-corrected chi connectivity index (χ1v) is 7.94. The zero-order valence-corrected chi connectivity index (χ0v) is 13.3. The van der Waals surface area contributed by atoms with E-state index >= 15 is 0 Å². The molecular weight excluding hydrogens is 292 g/mol. The van der Waals surface area contributed by atoms with Crippen molar-refractivity contribution in [1.82, 2.24) is 4.90 Å². The molecule has 0 saturated carbocycles. The van der Waals surface area contributed by atoms with E-state index in [1.54, 1.807) is 0 Å². The largest absolute Gasteiger partial charge is 0.502 e. The van der Waals surface area contributed by atoms with Crippen molar-refractivity contribution in [3.8, 4) is 5.75 Å². The number of hydrogen-bond acceptors (Lipinski definition) is 5. The molecule has 2 aromatic rings. The molecule has 0 radical (unpaired) electrons. The molecule has 2 heterocycles. The van der Waals surface area contributed by atoms with Gasteiger partial charge in [0.2, 0.25) is 5.43 Å². The van der Waals surface area contributed by atoms with Crippen molar-refractivity contribution in [3.05, 3.63) is 58.6 Å². The molecule has 1 aromatic carbocycles. The Balaban J connectivity index is 1.65. The van der Waals surface area contributed by atoms with Crippen LogP contribution in [0, 0.1) is 0 Å². The molecular formula is C18H22N2O3. The second-order valence-electron chi connectivity index (χ2n) is 6.08. The zero-order valence-electron chi connectivity index (χ0n) is 13.3. The second-order valence-corrected chi connectivity index (χ2v) is 6.08. The molecule has 1 saturated heterocycles. The second kappa shape index (κ2) is 6.87. The van der Waals surface area contributed by atoms with Crippen molar-refractivity contribution in [1.29, 1.82) is 0 Å². The van der Waals surface area contributed by atoms with Crippen molar-refractivity contribution in [2.75, 3.05) is 25.0 Å². The van der Waals surface area contributed by atoms with Gasteiger partial charge in [-0.15, -0.1) is 0 Å². The number of benzene rings is 1. The van der Waals surface area contributed by atoms with Crippen molar-refractivity contribution < 1.29 is 9.52 Å². The highest BCUT2D eigenvalue weighted by Gasteiger charge is 2.26. The standard InChI is InChI=1S/C18H22N2O3/c1-19(14-6-3-2-4-7-14)11-15-8-5-9-20(15)12-16-10-17(21)18(22)13-23-16/h2-4,6-7,10,13,15,22H,5,8-9,11-12H2,1H3/t15-/m0/s1. The van der Waals surface area contributed by atoms with Gasteiger partial charge < -0.3 is 14.4 Å². The number of likely N-dealkylation sites (N-methyl/N-ethyl adjacent to an activating group) is 1. The van der Waals surface area contributed by atoms with E-state index in [-0.39, 0.29) is 11.2 Å². The highest BCUT2D eigenvalue weighted by Crippen LogP contribution is 2.22. The fraction of sp³-hybridized carbons (Fsp3) is 0.389. The van der Waals surface area contributed by atoms with Gasteiger partial charge in [0.15, 0.2) is 5.75 Å². The molecule has 0 unspecified atom stereocenters. The van der Waals surface area contributed by atoms with Gasteiger partial charge in [-0.05, 0) is 31.5 Å². The van der Waals surface area contributed by atoms with Crippen LogP contribution in [0.25, 0.3) is 0 Å². The van der Waals surface area contributed by atoms with Crippen LogP contribution < -0.4 is 10.3 Å². The molecule has 0 bridgehead atoms. The van der Waals surface area contributed by atoms with Gasteiger partial charge in [-0.3, -0.25) is 9.69 Å². The summed E-state index contributed by atoms with van der Waals surface area (Å²) < 4.78 is 5.33. The number of para-hydroxylation sites is 1. The number of nitrogens with zero attached hydrogens (tertiary/aromatic N) is 2. The molecule has 5 heteroatoms. The molecule has 1 aliphatic heterocycles. The molecule has 1 atom stereocenters. The van der Waals surface area contributed by atoms with E-state index in [2.05, 4.69) is 29.0 Å². The first-order chi connectivity index (χ1) is 11.1. The van der Waals surface area contributed by atoms with Gasteiger partial charge in [0, 0.05) is 31.4 Å². The van der Waals surface area contributed by atoms with Gasteiger partial charge in [0.1, 0.15) is 12.0 Å². The molecule has 1 aliphatic rings. The minimum atomic E-state index is -0.386. The minimum Gasteiger partial charge on any atom is -0.502 e. The van der Waals surface area contributed by atoms with Crippen LogP contribution in [-0.4, -0.2) is 36.2 Å². The molecule has 0 amide bonds. The van der Waals surface area contributed by atoms with Crippen LogP contribution in [0.4, 0.5) is 5.69 Å². The van der Waals surface area contributed by atoms with E-state index in [1.165, 1.54) is 11.8 Å². The van der Waals surface area contributed by atoms with Crippen LogP contribution in [0.5, 0.6) is 5.75 Å². The molecule has 1 N–H and O–H groups in total. The van der Waals surface area contributed by atoms with Crippen LogP contribution in [0.1, 0.15) is 18.6 Å². The third kappa shape index (κ3) is 3.74. The summed E-state index contributed by atoms with van der Waals surface area (Å²) in [5, 5.41) is 9.28. The lowest BCUT2D eigenvalue weighted by Gasteiger charge is -2.29. The molecule has 23 heavy (non-hydrogen) atoms. The smallest absolute Gasteiger partial charge is 0.226 e. The summed E-state index contributed by atoms with van der Waals surface area (Å²) in [7, 11) is 2.10. The summed E-state index contributed by atoms with van der Waals surface area (Å²) in [6.07, 6.45) is 3.41. The summed E-state index contributed by atoms with van der Waals surface area (Å²) in [4.78, 5) is 16.1. The molecule has 5 nitrogen and oxygen atoms in total. The Morgan fingerprint density at radius 3 is 2.87 bits per heavy atom. The lowest BCUT2D eigenvalue weighted by Crippen LogP contribution is -2.38. The van der Waals surface area contributed by atoms with E-state index in [1.807, 2.05) is 18.2 Å². The van der Waals surface area contributed by atoms with Gasteiger partial charge in [0.25, 0.3) is 0 Å². The number of hydrogen-bond donors (Lipinski definition) is 1. The van der Waals surface area contributed by atoms with Crippen LogP contribution >= 0.6 is 0 Å². The van der Waals surface area contributed by atoms with E-state index in [0.29, 0.717) is 18.3 Å². The number of rotatable bonds is 5. The number of anilines is 1. The number of aromatic hydroxyl groups is 1. The quantitative estimate of drug-likeness (QED) is 0.918. The number of likely N-dealkylation sites (tertiary alicyclic amines) is 1. The van der Waals surface area contributed by atoms with Gasteiger partial charge in [-0.1, -0.05) is 18.2 Å². The summed E-state index contributed by atoms with van der Waals surface area (Å²) in [6, 6.07) is 12.1. The van der Waals surface area contributed by atoms with Gasteiger partial charge in [0.05, 0.1) is 6.54 Å². The Morgan fingerprint density at radius 1 is 1.35 bits per heavy atom. The highest BCUT2D eigenvalue weighted by atomic mass is 16.4. The van der Waals surface area contributed by atoms with Gasteiger partial charge in [-0.25, -0.2) is 0 Å². The molecule has 1 aromatic heterocycles. The predicted octanol–water partition coefficient (Wildman–Crippen LogP) is 2.45. The topological polar surface area (TPSA) is 56.9 Å². The van der Waals surface area contributed by atoms with Crippen molar-refractivity contribution >= 4 is 5.69 Å². The fourth-order valence-electron chi connectivity index (χ4n) is 3.14.